The fourth-order valence-electron chi connectivity index (χ4n) is 15.4. The molecule has 8 aromatic carbocycles. The van der Waals surface area contributed by atoms with Gasteiger partial charge in [-0.3, -0.25) is 52.9 Å². The van der Waals surface area contributed by atoms with Gasteiger partial charge >= 0.3 is 59.9 Å². The number of amides is 5. The molecular formula is C103H126B5F6N7O22. The molecule has 2 aliphatic rings. The highest BCUT2D eigenvalue weighted by Gasteiger charge is 2.53. The average molecular weight is 1980 g/mol. The molecule has 5 amide bonds. The van der Waals surface area contributed by atoms with Crippen LogP contribution in [0.25, 0.3) is 0 Å². The number of carbonyl (C=O) groups is 10. The molecule has 0 saturated heterocycles. The molecule has 1 heterocycles. The summed E-state index contributed by atoms with van der Waals surface area (Å²) < 4.78 is 89.7. The van der Waals surface area contributed by atoms with E-state index in [2.05, 4.69) is 36.6 Å². The Kier molecular flexibility index (Phi) is 44.7. The number of esters is 2. The van der Waals surface area contributed by atoms with E-state index in [-0.39, 0.29) is 87.9 Å². The van der Waals surface area contributed by atoms with Crippen molar-refractivity contribution < 1.29 is 134 Å². The number of benzene rings is 8. The number of nitrogens with one attached hydrogen (secondary N) is 5. The molecule has 15 N–H and O–H groups in total. The van der Waals surface area contributed by atoms with Gasteiger partial charge in [-0.1, -0.05) is 239 Å². The van der Waals surface area contributed by atoms with E-state index in [0.717, 1.165) is 80.8 Å². The molecule has 0 spiro atoms. The summed E-state index contributed by atoms with van der Waals surface area (Å²) in [4.78, 5) is 133. The van der Waals surface area contributed by atoms with Gasteiger partial charge in [0.15, 0.2) is 17.3 Å². The van der Waals surface area contributed by atoms with E-state index < -0.39 is 174 Å². The van der Waals surface area contributed by atoms with E-state index in [0.29, 0.717) is 38.5 Å². The van der Waals surface area contributed by atoms with E-state index in [1.807, 2.05) is 192 Å². The molecule has 762 valence electrons. The Hall–Kier alpha value is -12.4. The number of ether oxygens (including phenoxy) is 2. The predicted octanol–water partition coefficient (Wildman–Crippen LogP) is 11.9. The van der Waals surface area contributed by atoms with Gasteiger partial charge in [0.25, 0.3) is 17.7 Å². The standard InChI is InChI=1S/2C22H25BF3NO4.C21H26BNO5.C19H22BN3O4.C19H28BNO5/c1-14-7-6-8-15(11-14)12-16(23(30)31)13-19(28)21(2,3)27-20(29)17-9-4-5-10-18(17)22(24,25)26;1-14-8-10-15(11-9-14)12-16(23(30)31)13-19(28)21(2,3)27-20(29)17-6-4-5-7-18(17)22(24,25)26;1-21(2,14-19(24)28-15-17-11-7-4-8-12-17)20(25)23-18(22(26)27)13-16-9-5-3-6-10-16;1-13-2-4-14(5-3-13)10-15(20(26)27)11-17(24)19(6-7-19)23-18(25)16-12-21-8-9-22-16;1-14(2)11-16(20(24)25)21-18(23)19(9-6-10-19)12-17(22)26-13-15-7-4-3-5-8-15/h2*4-11,16,30-31H,12-13H2,1-3H3,(H,27,29);3-12,18,26-27H,13-15H2,1-2H3,(H,23,25);2-5,8-9,12,15,26-27H,6-7,10-11H2,1H3,(H,23,25);3-5,7-8,14,16,24-25H,6,9-13H2,1-2H3,(H,21,23)/t2*16-;18-;15-;16-/m11010/s1. The summed E-state index contributed by atoms with van der Waals surface area (Å²) in [5.74, 6) is -9.14. The third kappa shape index (κ3) is 38.7. The zero-order valence-electron chi connectivity index (χ0n) is 81.8. The van der Waals surface area contributed by atoms with Gasteiger partial charge in [0.2, 0.25) is 11.8 Å². The van der Waals surface area contributed by atoms with Crippen molar-refractivity contribution in [3.8, 4) is 0 Å². The highest BCUT2D eigenvalue weighted by molar-refractivity contribution is 6.45. The van der Waals surface area contributed by atoms with Gasteiger partial charge in [0.1, 0.15) is 18.9 Å². The minimum Gasteiger partial charge on any atom is -0.461 e. The Labute approximate surface area is 830 Å². The Morgan fingerprint density at radius 1 is 0.427 bits per heavy atom. The van der Waals surface area contributed by atoms with Gasteiger partial charge in [-0.25, -0.2) is 4.98 Å². The summed E-state index contributed by atoms with van der Waals surface area (Å²) in [6.07, 6.45) is -1.22. The monoisotopic (exact) mass is 1980 g/mol. The van der Waals surface area contributed by atoms with E-state index in [1.165, 1.54) is 70.6 Å². The fourth-order valence-corrected chi connectivity index (χ4v) is 15.4. The minimum atomic E-state index is -4.72. The molecule has 2 aliphatic carbocycles. The number of halogens is 6. The maximum absolute atomic E-state index is 13.2. The van der Waals surface area contributed by atoms with Crippen LogP contribution >= 0.6 is 0 Å². The first-order valence-electron chi connectivity index (χ1n) is 46.8. The normalized spacial score (nSPS) is 13.9. The van der Waals surface area contributed by atoms with Crippen molar-refractivity contribution in [2.75, 3.05) is 0 Å². The van der Waals surface area contributed by atoms with Crippen LogP contribution in [0, 0.1) is 37.5 Å². The number of aromatic nitrogens is 2. The van der Waals surface area contributed by atoms with Crippen LogP contribution in [0.3, 0.4) is 0 Å². The number of hydrogen-bond acceptors (Lipinski definition) is 24. The van der Waals surface area contributed by atoms with E-state index in [9.17, 15) is 125 Å². The first-order valence-corrected chi connectivity index (χ1v) is 46.8. The molecule has 5 atom stereocenters. The molecule has 2 saturated carbocycles. The highest BCUT2D eigenvalue weighted by Crippen LogP contribution is 2.45. The summed E-state index contributed by atoms with van der Waals surface area (Å²) in [5.41, 5.74) is -0.760. The lowest BCUT2D eigenvalue weighted by Gasteiger charge is -2.40. The average Bonchev–Trinajstić information content (AvgIpc) is 1.65. The van der Waals surface area contributed by atoms with Crippen molar-refractivity contribution in [2.45, 2.75) is 244 Å². The Balaban J connectivity index is 0.000000243. The van der Waals surface area contributed by atoms with Crippen LogP contribution in [0.1, 0.15) is 218 Å². The molecule has 143 heavy (non-hydrogen) atoms. The molecule has 0 aliphatic heterocycles. The molecule has 40 heteroatoms. The van der Waals surface area contributed by atoms with Crippen LogP contribution < -0.4 is 26.6 Å². The number of ketones is 3. The van der Waals surface area contributed by atoms with Crippen molar-refractivity contribution in [3.05, 3.63) is 309 Å². The lowest BCUT2D eigenvalue weighted by molar-refractivity contribution is -0.155. The van der Waals surface area contributed by atoms with Crippen LogP contribution in [-0.4, -0.2) is 183 Å². The van der Waals surface area contributed by atoms with Gasteiger partial charge in [-0.2, -0.15) is 26.3 Å². The minimum absolute atomic E-state index is 0.0155. The second-order valence-corrected chi connectivity index (χ2v) is 38.3. The van der Waals surface area contributed by atoms with Crippen LogP contribution in [0.2, 0.25) is 17.5 Å². The topological polar surface area (TPSA) is 477 Å². The number of aryl methyl sites for hydroxylation is 3. The quantitative estimate of drug-likeness (QED) is 0.00960. The first kappa shape index (κ1) is 118. The summed E-state index contributed by atoms with van der Waals surface area (Å²) in [7, 11) is -8.50. The number of rotatable bonds is 42. The number of nitrogens with zero attached hydrogens (tertiary/aromatic N) is 2. The summed E-state index contributed by atoms with van der Waals surface area (Å²) >= 11 is 0. The Bertz CT molecular complexity index is 5640. The van der Waals surface area contributed by atoms with Crippen molar-refractivity contribution in [2.24, 2.45) is 16.7 Å². The SMILES string of the molecule is CC(C)(CC(=O)OCc1ccccc1)C(=O)N[C@@H](Cc1ccccc1)B(O)O.CC(C)C[C@H](NC(=O)C1(CC(=O)OCc2ccccc2)CCC1)B(O)O.Cc1ccc(C[C@H](CC(=O)C(C)(C)NC(=O)c2ccccc2C(F)(F)F)B(O)O)cc1.Cc1ccc(C[C@H](CC(=O)C2(NC(=O)c3cnccn3)CC2)B(O)O)cc1.Cc1cccc(C[C@H](CC(=O)C(C)(C)NC(=O)c2ccccc2C(F)(F)F)B(O)O)c1. The van der Waals surface area contributed by atoms with Gasteiger partial charge in [-0.05, 0) is 170 Å². The van der Waals surface area contributed by atoms with Crippen LogP contribution in [0.4, 0.5) is 26.3 Å². The zero-order chi connectivity index (χ0) is 106. The van der Waals surface area contributed by atoms with Gasteiger partial charge in [0.05, 0.1) is 80.6 Å². The van der Waals surface area contributed by atoms with Crippen LogP contribution in [0.5, 0.6) is 0 Å². The summed E-state index contributed by atoms with van der Waals surface area (Å²) in [5, 5.41) is 109. The van der Waals surface area contributed by atoms with Crippen molar-refractivity contribution in [1.82, 2.24) is 36.6 Å². The molecule has 1 aromatic heterocycles. The highest BCUT2D eigenvalue weighted by atomic mass is 19.4. The predicted molar refractivity (Wildman–Crippen MR) is 528 cm³/mol. The van der Waals surface area contributed by atoms with Gasteiger partial charge in [-0.15, -0.1) is 0 Å². The largest absolute Gasteiger partial charge is 0.475 e. The molecule has 0 bridgehead atoms. The number of Topliss-reactive ketones (excluding diaryl/α,β-unsaturated/α-hetero) is 3. The molecule has 0 unspecified atom stereocenters. The number of alkyl halides is 6. The van der Waals surface area contributed by atoms with Crippen molar-refractivity contribution in [1.29, 1.82) is 0 Å². The van der Waals surface area contributed by atoms with Crippen molar-refractivity contribution >= 4 is 94.4 Å². The molecular weight excluding hydrogens is 1860 g/mol. The van der Waals surface area contributed by atoms with E-state index >= 15 is 0 Å². The smallest absolute Gasteiger partial charge is 0.461 e. The lowest BCUT2D eigenvalue weighted by atomic mass is 9.65. The van der Waals surface area contributed by atoms with Crippen molar-refractivity contribution in [3.63, 3.8) is 0 Å². The fraction of sp³-hybridized carbons (Fsp3) is 0.398. The molecule has 9 aromatic rings. The van der Waals surface area contributed by atoms with E-state index in [4.69, 9.17) is 9.47 Å². The lowest BCUT2D eigenvalue weighted by Crippen LogP contribution is -2.54. The van der Waals surface area contributed by atoms with Crippen LogP contribution in [-0.2, 0) is 94.3 Å². The summed E-state index contributed by atoms with van der Waals surface area (Å²) in [6, 6.07) is 58.9. The third-order valence-electron chi connectivity index (χ3n) is 24.4. The third-order valence-corrected chi connectivity index (χ3v) is 24.4. The second kappa shape index (κ2) is 54.4. The Morgan fingerprint density at radius 2 is 0.832 bits per heavy atom. The number of hydrogen-bond donors (Lipinski definition) is 15. The van der Waals surface area contributed by atoms with E-state index in [1.54, 1.807) is 19.9 Å². The Morgan fingerprint density at radius 3 is 1.22 bits per heavy atom. The van der Waals surface area contributed by atoms with Gasteiger partial charge < -0.3 is 86.3 Å². The molecule has 0 radical (unpaired) electrons. The molecule has 11 rings (SSSR count). The second-order valence-electron chi connectivity index (χ2n) is 38.3. The zero-order valence-corrected chi connectivity index (χ0v) is 81.8. The maximum atomic E-state index is 13.2. The molecule has 29 nitrogen and oxygen atoms in total. The van der Waals surface area contributed by atoms with Gasteiger partial charge in [0, 0.05) is 49.1 Å². The molecule has 2 fully saturated rings. The first-order chi connectivity index (χ1) is 67.1. The van der Waals surface area contributed by atoms with Crippen LogP contribution in [0.15, 0.2) is 231 Å². The maximum Gasteiger partial charge on any atom is 0.475 e. The summed E-state index contributed by atoms with van der Waals surface area (Å²) in [6.45, 7) is 18.7. The number of carbonyl (C=O) groups excluding carboxylic acids is 10.